The SMILES string of the molecule is O=C(O)c1cc(Br)c(OCc2cc(F)cc(F)c2)c(Br)c1. The van der Waals surface area contributed by atoms with E-state index in [0.717, 1.165) is 18.2 Å². The summed E-state index contributed by atoms with van der Waals surface area (Å²) in [7, 11) is 0. The molecule has 0 aliphatic rings. The van der Waals surface area contributed by atoms with Gasteiger partial charge in [-0.15, -0.1) is 0 Å². The topological polar surface area (TPSA) is 46.5 Å². The fraction of sp³-hybridized carbons (Fsp3) is 0.0714. The molecule has 2 aromatic rings. The van der Waals surface area contributed by atoms with Crippen LogP contribution in [0.1, 0.15) is 15.9 Å². The number of ether oxygens (including phenoxy) is 1. The Morgan fingerprint density at radius 3 is 2.05 bits per heavy atom. The van der Waals surface area contributed by atoms with Crippen LogP contribution in [-0.4, -0.2) is 11.1 Å². The molecule has 0 aliphatic heterocycles. The lowest BCUT2D eigenvalue weighted by Crippen LogP contribution is -2.01. The lowest BCUT2D eigenvalue weighted by Gasteiger charge is -2.11. The molecule has 0 spiro atoms. The second kappa shape index (κ2) is 6.53. The summed E-state index contributed by atoms with van der Waals surface area (Å²) >= 11 is 6.40. The van der Waals surface area contributed by atoms with Gasteiger partial charge in [0.15, 0.2) is 0 Å². The number of benzene rings is 2. The molecule has 0 radical (unpaired) electrons. The van der Waals surface area contributed by atoms with E-state index < -0.39 is 17.6 Å². The first kappa shape index (κ1) is 15.9. The van der Waals surface area contributed by atoms with Crippen molar-refractivity contribution in [2.45, 2.75) is 6.61 Å². The van der Waals surface area contributed by atoms with E-state index in [-0.39, 0.29) is 12.2 Å². The van der Waals surface area contributed by atoms with E-state index in [1.807, 2.05) is 0 Å². The molecular formula is C14H8Br2F2O3. The molecule has 0 aliphatic carbocycles. The van der Waals surface area contributed by atoms with Crippen LogP contribution in [0.15, 0.2) is 39.3 Å². The lowest BCUT2D eigenvalue weighted by molar-refractivity contribution is 0.0696. The van der Waals surface area contributed by atoms with Crippen molar-refractivity contribution in [1.82, 2.24) is 0 Å². The minimum atomic E-state index is -1.07. The Labute approximate surface area is 135 Å². The molecule has 7 heteroatoms. The molecule has 2 aromatic carbocycles. The zero-order valence-corrected chi connectivity index (χ0v) is 13.5. The third-order valence-corrected chi connectivity index (χ3v) is 3.73. The first-order valence-electron chi connectivity index (χ1n) is 5.67. The number of aromatic carboxylic acids is 1. The third-order valence-electron chi connectivity index (χ3n) is 2.55. The van der Waals surface area contributed by atoms with Crippen molar-refractivity contribution >= 4 is 37.8 Å². The molecule has 0 bridgehead atoms. The quantitative estimate of drug-likeness (QED) is 0.773. The smallest absolute Gasteiger partial charge is 0.335 e. The third kappa shape index (κ3) is 4.01. The lowest BCUT2D eigenvalue weighted by atomic mass is 10.2. The van der Waals surface area contributed by atoms with Gasteiger partial charge in [0.25, 0.3) is 0 Å². The molecule has 1 N–H and O–H groups in total. The van der Waals surface area contributed by atoms with E-state index in [9.17, 15) is 13.6 Å². The molecule has 0 unspecified atom stereocenters. The summed E-state index contributed by atoms with van der Waals surface area (Å²) < 4.78 is 32.5. The average Bonchev–Trinajstić information content (AvgIpc) is 2.36. The molecule has 0 heterocycles. The van der Waals surface area contributed by atoms with E-state index in [0.29, 0.717) is 20.3 Å². The van der Waals surface area contributed by atoms with E-state index in [1.165, 1.54) is 12.1 Å². The number of rotatable bonds is 4. The Balaban J connectivity index is 2.22. The van der Waals surface area contributed by atoms with Gasteiger partial charge in [-0.05, 0) is 61.7 Å². The van der Waals surface area contributed by atoms with Gasteiger partial charge in [0.1, 0.15) is 24.0 Å². The molecule has 0 atom stereocenters. The molecule has 2 rings (SSSR count). The van der Waals surface area contributed by atoms with Crippen LogP contribution in [0.2, 0.25) is 0 Å². The molecule has 0 amide bonds. The van der Waals surface area contributed by atoms with Crippen LogP contribution in [0.5, 0.6) is 5.75 Å². The van der Waals surface area contributed by atoms with E-state index in [2.05, 4.69) is 31.9 Å². The number of hydrogen-bond donors (Lipinski definition) is 1. The molecule has 110 valence electrons. The van der Waals surface area contributed by atoms with Crippen molar-refractivity contribution in [3.8, 4) is 5.75 Å². The maximum atomic E-state index is 13.1. The monoisotopic (exact) mass is 420 g/mol. The number of hydrogen-bond acceptors (Lipinski definition) is 2. The van der Waals surface area contributed by atoms with Crippen LogP contribution in [0.25, 0.3) is 0 Å². The van der Waals surface area contributed by atoms with Gasteiger partial charge in [0.05, 0.1) is 14.5 Å². The number of carbonyl (C=O) groups is 1. The highest BCUT2D eigenvalue weighted by atomic mass is 79.9. The Bertz CT molecular complexity index is 661. The van der Waals surface area contributed by atoms with Gasteiger partial charge >= 0.3 is 5.97 Å². The highest BCUT2D eigenvalue weighted by molar-refractivity contribution is 9.11. The summed E-state index contributed by atoms with van der Waals surface area (Å²) in [5.74, 6) is -2.10. The summed E-state index contributed by atoms with van der Waals surface area (Å²) in [6, 6.07) is 5.87. The molecule has 0 aromatic heterocycles. The standard InChI is InChI=1S/C14H8Br2F2O3/c15-11-3-8(14(19)20)4-12(16)13(11)21-6-7-1-9(17)5-10(18)2-7/h1-5H,6H2,(H,19,20). The maximum absolute atomic E-state index is 13.1. The van der Waals surface area contributed by atoms with Gasteiger partial charge in [-0.2, -0.15) is 0 Å². The fourth-order valence-corrected chi connectivity index (χ4v) is 3.09. The Hall–Kier alpha value is -1.47. The molecule has 21 heavy (non-hydrogen) atoms. The zero-order chi connectivity index (χ0) is 15.6. The minimum Gasteiger partial charge on any atom is -0.487 e. The number of carboxylic acids is 1. The normalized spacial score (nSPS) is 10.5. The second-order valence-corrected chi connectivity index (χ2v) is 5.85. The summed E-state index contributed by atoms with van der Waals surface area (Å²) in [6.45, 7) is -0.0572. The summed E-state index contributed by atoms with van der Waals surface area (Å²) in [6.07, 6.45) is 0. The Kier molecular flexibility index (Phi) is 4.95. The van der Waals surface area contributed by atoms with E-state index in [1.54, 1.807) is 0 Å². The van der Waals surface area contributed by atoms with Gasteiger partial charge < -0.3 is 9.84 Å². The van der Waals surface area contributed by atoms with Crippen molar-refractivity contribution in [3.63, 3.8) is 0 Å². The second-order valence-electron chi connectivity index (χ2n) is 4.14. The number of carboxylic acid groups (broad SMARTS) is 1. The molecule has 0 saturated carbocycles. The van der Waals surface area contributed by atoms with Gasteiger partial charge in [-0.1, -0.05) is 0 Å². The Morgan fingerprint density at radius 2 is 1.57 bits per heavy atom. The van der Waals surface area contributed by atoms with E-state index >= 15 is 0 Å². The number of halogens is 4. The average molecular weight is 422 g/mol. The van der Waals surface area contributed by atoms with Crippen LogP contribution in [0.3, 0.4) is 0 Å². The van der Waals surface area contributed by atoms with Crippen LogP contribution < -0.4 is 4.74 Å². The van der Waals surface area contributed by atoms with Crippen LogP contribution in [0.4, 0.5) is 8.78 Å². The first-order chi connectivity index (χ1) is 9.86. The van der Waals surface area contributed by atoms with Gasteiger partial charge in [-0.3, -0.25) is 0 Å². The molecule has 3 nitrogen and oxygen atoms in total. The van der Waals surface area contributed by atoms with Gasteiger partial charge in [0, 0.05) is 6.07 Å². The van der Waals surface area contributed by atoms with Crippen LogP contribution >= 0.6 is 31.9 Å². The highest BCUT2D eigenvalue weighted by Crippen LogP contribution is 2.35. The summed E-state index contributed by atoms with van der Waals surface area (Å²) in [5.41, 5.74) is 0.409. The van der Waals surface area contributed by atoms with Crippen molar-refractivity contribution in [2.75, 3.05) is 0 Å². The largest absolute Gasteiger partial charge is 0.487 e. The minimum absolute atomic E-state index is 0.0572. The molecule has 0 saturated heterocycles. The van der Waals surface area contributed by atoms with E-state index in [4.69, 9.17) is 9.84 Å². The maximum Gasteiger partial charge on any atom is 0.335 e. The van der Waals surface area contributed by atoms with Crippen molar-refractivity contribution in [3.05, 3.63) is 62.0 Å². The highest BCUT2D eigenvalue weighted by Gasteiger charge is 2.13. The van der Waals surface area contributed by atoms with Gasteiger partial charge in [-0.25, -0.2) is 13.6 Å². The Morgan fingerprint density at radius 1 is 1.05 bits per heavy atom. The predicted molar refractivity (Wildman–Crippen MR) is 79.5 cm³/mol. The van der Waals surface area contributed by atoms with Crippen LogP contribution in [0, 0.1) is 11.6 Å². The van der Waals surface area contributed by atoms with Crippen molar-refractivity contribution in [1.29, 1.82) is 0 Å². The molecular weight excluding hydrogens is 414 g/mol. The summed E-state index contributed by atoms with van der Waals surface area (Å²) in [5, 5.41) is 8.93. The van der Waals surface area contributed by atoms with Crippen molar-refractivity contribution in [2.24, 2.45) is 0 Å². The fourth-order valence-electron chi connectivity index (χ4n) is 1.67. The zero-order valence-electron chi connectivity index (χ0n) is 10.4. The van der Waals surface area contributed by atoms with Crippen LogP contribution in [-0.2, 0) is 6.61 Å². The van der Waals surface area contributed by atoms with Crippen molar-refractivity contribution < 1.29 is 23.4 Å². The van der Waals surface area contributed by atoms with Gasteiger partial charge in [0.2, 0.25) is 0 Å². The summed E-state index contributed by atoms with van der Waals surface area (Å²) in [4.78, 5) is 10.9. The molecule has 0 fully saturated rings. The predicted octanol–water partition coefficient (Wildman–Crippen LogP) is 4.77. The first-order valence-corrected chi connectivity index (χ1v) is 7.25.